The Balaban J connectivity index is 2.71. The Bertz CT molecular complexity index is 237. The predicted octanol–water partition coefficient (Wildman–Crippen LogP) is 2.00. The SMILES string of the molecule is COOCC(C(=O)OC)=C1CCCCC1. The highest BCUT2D eigenvalue weighted by Gasteiger charge is 2.18. The zero-order chi connectivity index (χ0) is 11.1. The average molecular weight is 214 g/mol. The number of hydrogen-bond acceptors (Lipinski definition) is 4. The maximum atomic E-state index is 11.5. The smallest absolute Gasteiger partial charge is 0.336 e. The highest BCUT2D eigenvalue weighted by Crippen LogP contribution is 2.26. The molecule has 0 spiro atoms. The molecular formula is C11H18O4. The van der Waals surface area contributed by atoms with E-state index in [2.05, 4.69) is 4.89 Å². The van der Waals surface area contributed by atoms with Gasteiger partial charge in [0.05, 0.1) is 19.8 Å². The van der Waals surface area contributed by atoms with Gasteiger partial charge in [-0.05, 0) is 25.7 Å². The van der Waals surface area contributed by atoms with Gasteiger partial charge in [0.15, 0.2) is 0 Å². The van der Waals surface area contributed by atoms with Crippen LogP contribution in [0.3, 0.4) is 0 Å². The third-order valence-corrected chi connectivity index (χ3v) is 2.64. The van der Waals surface area contributed by atoms with Crippen molar-refractivity contribution in [1.29, 1.82) is 0 Å². The van der Waals surface area contributed by atoms with Crippen LogP contribution in [0.15, 0.2) is 11.1 Å². The third kappa shape index (κ3) is 3.64. The molecule has 1 aliphatic carbocycles. The second-order valence-electron chi connectivity index (χ2n) is 3.56. The van der Waals surface area contributed by atoms with Crippen molar-refractivity contribution < 1.29 is 19.3 Å². The summed E-state index contributed by atoms with van der Waals surface area (Å²) in [5.41, 5.74) is 1.78. The van der Waals surface area contributed by atoms with Gasteiger partial charge in [0, 0.05) is 0 Å². The lowest BCUT2D eigenvalue weighted by Gasteiger charge is -2.17. The molecule has 0 radical (unpaired) electrons. The summed E-state index contributed by atoms with van der Waals surface area (Å²) in [6.45, 7) is 0.179. The van der Waals surface area contributed by atoms with Crippen LogP contribution in [-0.2, 0) is 19.3 Å². The predicted molar refractivity (Wildman–Crippen MR) is 55.1 cm³/mol. The molecule has 1 rings (SSSR count). The molecule has 1 saturated carbocycles. The zero-order valence-corrected chi connectivity index (χ0v) is 9.38. The highest BCUT2D eigenvalue weighted by molar-refractivity contribution is 5.89. The lowest BCUT2D eigenvalue weighted by Crippen LogP contribution is -2.15. The van der Waals surface area contributed by atoms with Gasteiger partial charge in [-0.3, -0.25) is 0 Å². The van der Waals surface area contributed by atoms with Crippen LogP contribution >= 0.6 is 0 Å². The van der Waals surface area contributed by atoms with Crippen LogP contribution in [0.2, 0.25) is 0 Å². The van der Waals surface area contributed by atoms with Crippen LogP contribution in [0.4, 0.5) is 0 Å². The van der Waals surface area contributed by atoms with E-state index in [9.17, 15) is 4.79 Å². The minimum atomic E-state index is -0.302. The standard InChI is InChI=1S/C11H18O4/c1-13-11(12)10(8-15-14-2)9-6-4-3-5-7-9/h3-8H2,1-2H3. The monoisotopic (exact) mass is 214 g/mol. The summed E-state index contributed by atoms with van der Waals surface area (Å²) in [6.07, 6.45) is 5.46. The Kier molecular flexibility index (Phi) is 5.36. The molecule has 0 saturated heterocycles. The molecule has 0 aromatic carbocycles. The van der Waals surface area contributed by atoms with E-state index in [1.54, 1.807) is 0 Å². The fourth-order valence-electron chi connectivity index (χ4n) is 1.83. The fourth-order valence-corrected chi connectivity index (χ4v) is 1.83. The first kappa shape index (κ1) is 12.2. The van der Waals surface area contributed by atoms with Crippen molar-refractivity contribution in [1.82, 2.24) is 0 Å². The third-order valence-electron chi connectivity index (χ3n) is 2.64. The fraction of sp³-hybridized carbons (Fsp3) is 0.727. The van der Waals surface area contributed by atoms with Crippen LogP contribution in [0.5, 0.6) is 0 Å². The van der Waals surface area contributed by atoms with Crippen molar-refractivity contribution in [3.05, 3.63) is 11.1 Å². The molecule has 86 valence electrons. The molecule has 0 amide bonds. The summed E-state index contributed by atoms with van der Waals surface area (Å²) in [7, 11) is 2.82. The minimum absolute atomic E-state index is 0.179. The Hall–Kier alpha value is -0.870. The van der Waals surface area contributed by atoms with Gasteiger partial charge < -0.3 is 4.74 Å². The van der Waals surface area contributed by atoms with Crippen molar-refractivity contribution in [3.8, 4) is 0 Å². The van der Waals surface area contributed by atoms with E-state index < -0.39 is 0 Å². The first-order valence-electron chi connectivity index (χ1n) is 5.24. The molecule has 4 heteroatoms. The summed E-state index contributed by atoms with van der Waals surface area (Å²) in [4.78, 5) is 20.8. The number of carbonyl (C=O) groups is 1. The normalized spacial score (nSPS) is 16.3. The molecule has 0 aliphatic heterocycles. The van der Waals surface area contributed by atoms with Gasteiger partial charge in [-0.25, -0.2) is 14.6 Å². The van der Waals surface area contributed by atoms with Crippen molar-refractivity contribution in [3.63, 3.8) is 0 Å². The number of hydrogen-bond donors (Lipinski definition) is 0. The summed E-state index contributed by atoms with van der Waals surface area (Å²) in [6, 6.07) is 0. The number of ether oxygens (including phenoxy) is 1. The number of allylic oxidation sites excluding steroid dienone is 1. The molecule has 0 atom stereocenters. The number of methoxy groups -OCH3 is 1. The Morgan fingerprint density at radius 1 is 1.20 bits per heavy atom. The lowest BCUT2D eigenvalue weighted by atomic mass is 9.91. The van der Waals surface area contributed by atoms with Gasteiger partial charge in [0.25, 0.3) is 0 Å². The molecule has 0 bridgehead atoms. The first-order valence-corrected chi connectivity index (χ1v) is 5.24. The van der Waals surface area contributed by atoms with Crippen LogP contribution in [0, 0.1) is 0 Å². The van der Waals surface area contributed by atoms with E-state index in [-0.39, 0.29) is 12.6 Å². The number of carbonyl (C=O) groups excluding carboxylic acids is 1. The molecule has 1 fully saturated rings. The molecule has 0 heterocycles. The second kappa shape index (κ2) is 6.58. The van der Waals surface area contributed by atoms with Gasteiger partial charge in [-0.2, -0.15) is 0 Å². The Labute approximate surface area is 90.1 Å². The maximum absolute atomic E-state index is 11.5. The quantitative estimate of drug-likeness (QED) is 0.311. The topological polar surface area (TPSA) is 44.8 Å². The van der Waals surface area contributed by atoms with Gasteiger partial charge >= 0.3 is 5.97 Å². The minimum Gasteiger partial charge on any atom is -0.466 e. The molecule has 0 unspecified atom stereocenters. The summed E-state index contributed by atoms with van der Waals surface area (Å²) in [5.74, 6) is -0.302. The Morgan fingerprint density at radius 2 is 1.87 bits per heavy atom. The molecule has 0 aromatic rings. The maximum Gasteiger partial charge on any atom is 0.336 e. The molecule has 0 N–H and O–H groups in total. The van der Waals surface area contributed by atoms with Gasteiger partial charge in [-0.1, -0.05) is 12.0 Å². The molecular weight excluding hydrogens is 196 g/mol. The van der Waals surface area contributed by atoms with E-state index in [1.807, 2.05) is 0 Å². The largest absolute Gasteiger partial charge is 0.466 e. The molecule has 15 heavy (non-hydrogen) atoms. The zero-order valence-electron chi connectivity index (χ0n) is 9.38. The van der Waals surface area contributed by atoms with Crippen molar-refractivity contribution in [2.75, 3.05) is 20.8 Å². The lowest BCUT2D eigenvalue weighted by molar-refractivity contribution is -0.265. The first-order chi connectivity index (χ1) is 7.29. The van der Waals surface area contributed by atoms with Crippen molar-refractivity contribution >= 4 is 5.97 Å². The second-order valence-corrected chi connectivity index (χ2v) is 3.56. The van der Waals surface area contributed by atoms with Crippen LogP contribution in [0.1, 0.15) is 32.1 Å². The van der Waals surface area contributed by atoms with Gasteiger partial charge in [0.2, 0.25) is 0 Å². The Morgan fingerprint density at radius 3 is 2.40 bits per heavy atom. The van der Waals surface area contributed by atoms with Crippen LogP contribution in [0.25, 0.3) is 0 Å². The van der Waals surface area contributed by atoms with Crippen molar-refractivity contribution in [2.24, 2.45) is 0 Å². The van der Waals surface area contributed by atoms with Crippen LogP contribution < -0.4 is 0 Å². The summed E-state index contributed by atoms with van der Waals surface area (Å²) >= 11 is 0. The van der Waals surface area contributed by atoms with E-state index in [0.29, 0.717) is 5.57 Å². The van der Waals surface area contributed by atoms with E-state index >= 15 is 0 Å². The highest BCUT2D eigenvalue weighted by atomic mass is 17.2. The summed E-state index contributed by atoms with van der Waals surface area (Å²) < 4.78 is 4.73. The number of rotatable bonds is 4. The van der Waals surface area contributed by atoms with E-state index in [1.165, 1.54) is 20.6 Å². The molecule has 1 aliphatic rings. The average Bonchev–Trinajstić information content (AvgIpc) is 2.30. The van der Waals surface area contributed by atoms with Gasteiger partial charge in [0.1, 0.15) is 6.61 Å². The van der Waals surface area contributed by atoms with Gasteiger partial charge in [-0.15, -0.1) is 0 Å². The molecule has 4 nitrogen and oxygen atoms in total. The van der Waals surface area contributed by atoms with E-state index in [4.69, 9.17) is 9.62 Å². The molecule has 0 aromatic heterocycles. The van der Waals surface area contributed by atoms with Crippen molar-refractivity contribution in [2.45, 2.75) is 32.1 Å². The summed E-state index contributed by atoms with van der Waals surface area (Å²) in [5, 5.41) is 0. The van der Waals surface area contributed by atoms with E-state index in [0.717, 1.165) is 31.3 Å². The number of esters is 1. The van der Waals surface area contributed by atoms with Crippen LogP contribution in [-0.4, -0.2) is 26.8 Å².